The molecule has 0 aliphatic rings. The third-order valence-corrected chi connectivity index (χ3v) is 5.42. The Labute approximate surface area is 215 Å². The highest BCUT2D eigenvalue weighted by Crippen LogP contribution is 2.18. The summed E-state index contributed by atoms with van der Waals surface area (Å²) in [6.07, 6.45) is -0.0596. The van der Waals surface area contributed by atoms with E-state index in [1.165, 1.54) is 4.90 Å². The fraction of sp³-hybridized carbons (Fsp3) is 0.654. The van der Waals surface area contributed by atoms with Crippen molar-refractivity contribution in [1.82, 2.24) is 14.7 Å². The second-order valence-electron chi connectivity index (χ2n) is 11.1. The number of benzene rings is 1. The zero-order valence-corrected chi connectivity index (χ0v) is 23.6. The highest BCUT2D eigenvalue weighted by atomic mass is 35.5. The average molecular weight is 512 g/mol. The zero-order chi connectivity index (χ0) is 27.1. The third-order valence-electron chi connectivity index (χ3n) is 5.16. The molecule has 0 fully saturated rings. The molecule has 0 aliphatic heterocycles. The lowest BCUT2D eigenvalue weighted by molar-refractivity contribution is -0.158. The van der Waals surface area contributed by atoms with Gasteiger partial charge in [0.25, 0.3) is 0 Å². The fourth-order valence-electron chi connectivity index (χ4n) is 3.39. The molecule has 0 saturated heterocycles. The van der Waals surface area contributed by atoms with Crippen molar-refractivity contribution in [3.63, 3.8) is 0 Å². The van der Waals surface area contributed by atoms with Gasteiger partial charge in [-0.1, -0.05) is 23.7 Å². The normalized spacial score (nSPS) is 13.7. The van der Waals surface area contributed by atoms with Crippen LogP contribution in [0.2, 0.25) is 5.02 Å². The van der Waals surface area contributed by atoms with Gasteiger partial charge in [-0.25, -0.2) is 4.79 Å². The number of esters is 1. The molecule has 0 unspecified atom stereocenters. The van der Waals surface area contributed by atoms with Gasteiger partial charge in [-0.2, -0.15) is 0 Å². The molecule has 0 N–H and O–H groups in total. The summed E-state index contributed by atoms with van der Waals surface area (Å²) in [5.74, 6) is -0.680. The van der Waals surface area contributed by atoms with Gasteiger partial charge in [-0.3, -0.25) is 14.5 Å². The molecule has 0 radical (unpaired) electrons. The lowest BCUT2D eigenvalue weighted by Gasteiger charge is -2.35. The van der Waals surface area contributed by atoms with E-state index in [0.29, 0.717) is 11.4 Å². The predicted octanol–water partition coefficient (Wildman–Crippen LogP) is 4.24. The Kier molecular flexibility index (Phi) is 11.0. The van der Waals surface area contributed by atoms with Crippen molar-refractivity contribution in [3.8, 4) is 0 Å². The highest BCUT2D eigenvalue weighted by molar-refractivity contribution is 6.30. The molecule has 0 spiro atoms. The van der Waals surface area contributed by atoms with Gasteiger partial charge in [0.05, 0.1) is 18.5 Å². The number of hydrogen-bond donors (Lipinski definition) is 0. The minimum atomic E-state index is -0.696. The Balaban J connectivity index is 3.09. The van der Waals surface area contributed by atoms with Crippen molar-refractivity contribution in [3.05, 3.63) is 34.9 Å². The van der Waals surface area contributed by atoms with Gasteiger partial charge in [0.15, 0.2) is 0 Å². The molecule has 0 aliphatic carbocycles. The first-order valence-electron chi connectivity index (χ1n) is 11.7. The van der Waals surface area contributed by atoms with Gasteiger partial charge in [0, 0.05) is 25.7 Å². The maximum absolute atomic E-state index is 13.4. The molecule has 0 saturated carbocycles. The van der Waals surface area contributed by atoms with Gasteiger partial charge in [-0.05, 0) is 79.8 Å². The quantitative estimate of drug-likeness (QED) is 0.461. The molecule has 1 aromatic carbocycles. The van der Waals surface area contributed by atoms with Crippen molar-refractivity contribution < 1.29 is 23.9 Å². The number of rotatable bonds is 9. The van der Waals surface area contributed by atoms with Crippen LogP contribution >= 0.6 is 11.6 Å². The monoisotopic (exact) mass is 511 g/mol. The smallest absolute Gasteiger partial charge is 0.410 e. The number of halogens is 1. The van der Waals surface area contributed by atoms with E-state index in [9.17, 15) is 14.4 Å². The minimum absolute atomic E-state index is 0.0722. The summed E-state index contributed by atoms with van der Waals surface area (Å²) < 4.78 is 11.0. The lowest BCUT2D eigenvalue weighted by Crippen LogP contribution is -2.52. The van der Waals surface area contributed by atoms with E-state index in [-0.39, 0.29) is 24.9 Å². The van der Waals surface area contributed by atoms with E-state index in [2.05, 4.69) is 0 Å². The van der Waals surface area contributed by atoms with Crippen LogP contribution in [-0.2, 0) is 25.5 Å². The number of likely N-dealkylation sites (N-methyl/N-ethyl adjacent to an activating group) is 3. The highest BCUT2D eigenvalue weighted by Gasteiger charge is 2.32. The van der Waals surface area contributed by atoms with Crippen molar-refractivity contribution in [2.75, 3.05) is 34.7 Å². The second kappa shape index (κ2) is 12.6. The number of hydrogen-bond acceptors (Lipinski definition) is 6. The molecular formula is C26H42ClN3O5. The van der Waals surface area contributed by atoms with Crippen LogP contribution in [0, 0.1) is 0 Å². The third kappa shape index (κ3) is 11.3. The maximum Gasteiger partial charge on any atom is 0.410 e. The van der Waals surface area contributed by atoms with Gasteiger partial charge < -0.3 is 19.3 Å². The summed E-state index contributed by atoms with van der Waals surface area (Å²) in [6, 6.07) is 6.30. The standard InChI is InChI=1S/C26H42ClN3O5/c1-25(2,3)34-22(31)16-21(28(7)8)23(32)29(9)17-20(15-18-11-13-19(27)14-12-18)30(10)24(33)35-26(4,5)6/h11-14,20-21H,15-17H2,1-10H3/t20-,21-/m1/s1. The lowest BCUT2D eigenvalue weighted by atomic mass is 10.0. The number of amides is 2. The number of carbonyl (C=O) groups excluding carboxylic acids is 3. The van der Waals surface area contributed by atoms with Crippen LogP contribution in [0.4, 0.5) is 4.79 Å². The van der Waals surface area contributed by atoms with Gasteiger partial charge in [0.2, 0.25) is 5.91 Å². The Hall–Kier alpha value is -2.32. The topological polar surface area (TPSA) is 79.4 Å². The SMILES string of the molecule is CN(C[C@@H](Cc1ccc(Cl)cc1)N(C)C(=O)OC(C)(C)C)C(=O)[C@@H](CC(=O)OC(C)(C)C)N(C)C. The van der Waals surface area contributed by atoms with E-state index >= 15 is 0 Å². The molecule has 0 heterocycles. The van der Waals surface area contributed by atoms with E-state index in [1.54, 1.807) is 91.7 Å². The minimum Gasteiger partial charge on any atom is -0.460 e. The molecule has 9 heteroatoms. The van der Waals surface area contributed by atoms with Crippen LogP contribution in [0.1, 0.15) is 53.5 Å². The van der Waals surface area contributed by atoms with Crippen molar-refractivity contribution >= 4 is 29.6 Å². The fourth-order valence-corrected chi connectivity index (χ4v) is 3.52. The summed E-state index contributed by atoms with van der Waals surface area (Å²) in [5.41, 5.74) is -0.321. The molecule has 0 bridgehead atoms. The van der Waals surface area contributed by atoms with Crippen LogP contribution < -0.4 is 0 Å². The molecule has 1 rings (SSSR count). The number of nitrogens with zero attached hydrogens (tertiary/aromatic N) is 3. The molecule has 2 amide bonds. The predicted molar refractivity (Wildman–Crippen MR) is 139 cm³/mol. The van der Waals surface area contributed by atoms with Gasteiger partial charge >= 0.3 is 12.1 Å². The zero-order valence-electron chi connectivity index (χ0n) is 22.8. The maximum atomic E-state index is 13.4. The molecule has 2 atom stereocenters. The summed E-state index contributed by atoms with van der Waals surface area (Å²) in [5, 5.41) is 0.620. The van der Waals surface area contributed by atoms with Gasteiger partial charge in [-0.15, -0.1) is 0 Å². The molecular weight excluding hydrogens is 470 g/mol. The molecule has 8 nitrogen and oxygen atoms in total. The summed E-state index contributed by atoms with van der Waals surface area (Å²) in [4.78, 5) is 43.4. The van der Waals surface area contributed by atoms with E-state index in [1.807, 2.05) is 12.1 Å². The van der Waals surface area contributed by atoms with Crippen molar-refractivity contribution in [2.24, 2.45) is 0 Å². The van der Waals surface area contributed by atoms with Crippen molar-refractivity contribution in [1.29, 1.82) is 0 Å². The Morgan fingerprint density at radius 1 is 0.886 bits per heavy atom. The number of carbonyl (C=O) groups is 3. The first-order chi connectivity index (χ1) is 15.9. The van der Waals surface area contributed by atoms with Gasteiger partial charge in [0.1, 0.15) is 11.2 Å². The van der Waals surface area contributed by atoms with Crippen LogP contribution in [-0.4, -0.2) is 90.7 Å². The van der Waals surface area contributed by atoms with E-state index < -0.39 is 29.3 Å². The van der Waals surface area contributed by atoms with Crippen LogP contribution in [0.5, 0.6) is 0 Å². The Morgan fingerprint density at radius 3 is 1.86 bits per heavy atom. The second-order valence-corrected chi connectivity index (χ2v) is 11.5. The Morgan fingerprint density at radius 2 is 1.40 bits per heavy atom. The van der Waals surface area contributed by atoms with E-state index in [4.69, 9.17) is 21.1 Å². The largest absolute Gasteiger partial charge is 0.460 e. The van der Waals surface area contributed by atoms with E-state index in [0.717, 1.165) is 5.56 Å². The summed E-state index contributed by atoms with van der Waals surface area (Å²) in [6.45, 7) is 11.0. The first kappa shape index (κ1) is 30.7. The van der Waals surface area contributed by atoms with Crippen LogP contribution in [0.25, 0.3) is 0 Å². The first-order valence-corrected chi connectivity index (χ1v) is 12.1. The van der Waals surface area contributed by atoms with Crippen molar-refractivity contribution in [2.45, 2.75) is 77.7 Å². The van der Waals surface area contributed by atoms with Crippen LogP contribution in [0.3, 0.4) is 0 Å². The summed E-state index contributed by atoms with van der Waals surface area (Å²) in [7, 11) is 6.83. The molecule has 1 aromatic rings. The molecule has 35 heavy (non-hydrogen) atoms. The molecule has 198 valence electrons. The Bertz CT molecular complexity index is 859. The summed E-state index contributed by atoms with van der Waals surface area (Å²) >= 11 is 6.03. The average Bonchev–Trinajstić information content (AvgIpc) is 2.69. The van der Waals surface area contributed by atoms with Crippen LogP contribution in [0.15, 0.2) is 24.3 Å². The molecule has 0 aromatic heterocycles. The number of ether oxygens (including phenoxy) is 2.